The van der Waals surface area contributed by atoms with E-state index < -0.39 is 33.6 Å². The summed E-state index contributed by atoms with van der Waals surface area (Å²) >= 11 is 0. The topological polar surface area (TPSA) is 66.5 Å². The van der Waals surface area contributed by atoms with Crippen molar-refractivity contribution in [1.29, 1.82) is 0 Å². The molecule has 1 amide bonds. The lowest BCUT2D eigenvalue weighted by molar-refractivity contribution is -0.121. The average molecular weight is 334 g/mol. The zero-order chi connectivity index (χ0) is 16.9. The molecule has 5 nitrogen and oxygen atoms in total. The number of halogens is 2. The number of anilines is 1. The minimum Gasteiger partial charge on any atom is -0.354 e. The second-order valence-electron chi connectivity index (χ2n) is 4.98. The van der Waals surface area contributed by atoms with E-state index in [1.807, 2.05) is 6.92 Å². The Morgan fingerprint density at radius 2 is 1.95 bits per heavy atom. The van der Waals surface area contributed by atoms with Gasteiger partial charge in [-0.15, -0.1) is 0 Å². The van der Waals surface area contributed by atoms with Crippen LogP contribution in [0, 0.1) is 11.6 Å². The smallest absolute Gasteiger partial charge is 0.243 e. The van der Waals surface area contributed by atoms with Gasteiger partial charge in [0, 0.05) is 12.6 Å². The molecule has 0 radical (unpaired) electrons. The summed E-state index contributed by atoms with van der Waals surface area (Å²) in [7, 11) is -3.84. The number of benzene rings is 1. The van der Waals surface area contributed by atoms with Gasteiger partial charge in [-0.05, 0) is 25.5 Å². The molecule has 0 aliphatic heterocycles. The SMILES string of the molecule is CCCCNC(=O)[C@@H](C)N(c1ccc(F)c(F)c1)S(C)(=O)=O. The molecule has 0 unspecified atom stereocenters. The molecule has 124 valence electrons. The lowest BCUT2D eigenvalue weighted by atomic mass is 10.2. The molecular weight excluding hydrogens is 314 g/mol. The summed E-state index contributed by atoms with van der Waals surface area (Å²) in [6, 6.07) is 1.63. The molecule has 1 aromatic carbocycles. The molecule has 0 fully saturated rings. The van der Waals surface area contributed by atoms with Crippen LogP contribution in [0.1, 0.15) is 26.7 Å². The van der Waals surface area contributed by atoms with Crippen LogP contribution in [-0.4, -0.2) is 33.2 Å². The fourth-order valence-electron chi connectivity index (χ4n) is 1.97. The predicted octanol–water partition coefficient (Wildman–Crippen LogP) is 2.04. The highest BCUT2D eigenvalue weighted by molar-refractivity contribution is 7.92. The van der Waals surface area contributed by atoms with Gasteiger partial charge in [-0.2, -0.15) is 0 Å². The first kappa shape index (κ1) is 18.3. The van der Waals surface area contributed by atoms with Crippen molar-refractivity contribution in [3.05, 3.63) is 29.8 Å². The number of hydrogen-bond donors (Lipinski definition) is 1. The molecule has 1 atom stereocenters. The highest BCUT2D eigenvalue weighted by Crippen LogP contribution is 2.23. The van der Waals surface area contributed by atoms with Crippen LogP contribution in [0.4, 0.5) is 14.5 Å². The summed E-state index contributed by atoms with van der Waals surface area (Å²) < 4.78 is 51.0. The van der Waals surface area contributed by atoms with Gasteiger partial charge in [0.25, 0.3) is 0 Å². The molecule has 0 bridgehead atoms. The molecule has 8 heteroatoms. The molecule has 22 heavy (non-hydrogen) atoms. The Morgan fingerprint density at radius 1 is 1.32 bits per heavy atom. The van der Waals surface area contributed by atoms with Crippen LogP contribution in [0.5, 0.6) is 0 Å². The van der Waals surface area contributed by atoms with Crippen LogP contribution < -0.4 is 9.62 Å². The van der Waals surface area contributed by atoms with Crippen molar-refractivity contribution < 1.29 is 22.0 Å². The van der Waals surface area contributed by atoms with Crippen molar-refractivity contribution in [3.63, 3.8) is 0 Å². The van der Waals surface area contributed by atoms with Gasteiger partial charge in [-0.3, -0.25) is 9.10 Å². The molecule has 1 aromatic rings. The zero-order valence-electron chi connectivity index (χ0n) is 12.8. The van der Waals surface area contributed by atoms with Crippen molar-refractivity contribution in [3.8, 4) is 0 Å². The van der Waals surface area contributed by atoms with Crippen LogP contribution in [0.25, 0.3) is 0 Å². The van der Waals surface area contributed by atoms with Crippen LogP contribution in [-0.2, 0) is 14.8 Å². The number of amides is 1. The van der Waals surface area contributed by atoms with Gasteiger partial charge >= 0.3 is 0 Å². The molecule has 0 saturated heterocycles. The average Bonchev–Trinajstić information content (AvgIpc) is 2.41. The van der Waals surface area contributed by atoms with E-state index in [2.05, 4.69) is 5.32 Å². The molecule has 1 N–H and O–H groups in total. The van der Waals surface area contributed by atoms with Gasteiger partial charge in [0.05, 0.1) is 11.9 Å². The molecule has 0 aliphatic rings. The van der Waals surface area contributed by atoms with Crippen molar-refractivity contribution >= 4 is 21.6 Å². The molecule has 0 spiro atoms. The molecule has 0 heterocycles. The Kier molecular flexibility index (Phi) is 6.28. The summed E-state index contributed by atoms with van der Waals surface area (Å²) in [5, 5.41) is 2.62. The number of unbranched alkanes of at least 4 members (excludes halogenated alkanes) is 1. The minimum absolute atomic E-state index is 0.0976. The Balaban J connectivity index is 3.08. The maximum absolute atomic E-state index is 13.3. The number of hydrogen-bond acceptors (Lipinski definition) is 3. The Morgan fingerprint density at radius 3 is 2.45 bits per heavy atom. The molecule has 1 rings (SSSR count). The predicted molar refractivity (Wildman–Crippen MR) is 81.1 cm³/mol. The second-order valence-corrected chi connectivity index (χ2v) is 6.84. The number of carbonyl (C=O) groups excluding carboxylic acids is 1. The van der Waals surface area contributed by atoms with Crippen LogP contribution in [0.15, 0.2) is 18.2 Å². The third-order valence-electron chi connectivity index (χ3n) is 3.08. The van der Waals surface area contributed by atoms with Crippen molar-refractivity contribution in [2.75, 3.05) is 17.1 Å². The van der Waals surface area contributed by atoms with E-state index in [0.717, 1.165) is 41.6 Å². The standard InChI is InChI=1S/C14H20F2N2O3S/c1-4-5-8-17-14(19)10(2)18(22(3,20)21)11-6-7-12(15)13(16)9-11/h6-7,9-10H,4-5,8H2,1-3H3,(H,17,19)/t10-/m1/s1. The molecule has 0 aliphatic carbocycles. The fraction of sp³-hybridized carbons (Fsp3) is 0.500. The number of rotatable bonds is 7. The molecule has 0 aromatic heterocycles. The maximum atomic E-state index is 13.3. The monoisotopic (exact) mass is 334 g/mol. The van der Waals surface area contributed by atoms with Crippen molar-refractivity contribution in [2.45, 2.75) is 32.7 Å². The summed E-state index contributed by atoms with van der Waals surface area (Å²) in [6.45, 7) is 3.78. The first-order valence-corrected chi connectivity index (χ1v) is 8.75. The summed E-state index contributed by atoms with van der Waals surface area (Å²) in [6.07, 6.45) is 2.56. The van der Waals surface area contributed by atoms with Gasteiger partial charge in [-0.1, -0.05) is 13.3 Å². The van der Waals surface area contributed by atoms with E-state index in [0.29, 0.717) is 6.54 Å². The summed E-state index contributed by atoms with van der Waals surface area (Å²) in [5.74, 6) is -2.76. The van der Waals surface area contributed by atoms with Gasteiger partial charge in [0.15, 0.2) is 11.6 Å². The first-order valence-electron chi connectivity index (χ1n) is 6.90. The largest absolute Gasteiger partial charge is 0.354 e. The summed E-state index contributed by atoms with van der Waals surface area (Å²) in [4.78, 5) is 12.0. The fourth-order valence-corrected chi connectivity index (χ4v) is 3.13. The first-order chi connectivity index (χ1) is 10.2. The quantitative estimate of drug-likeness (QED) is 0.776. The van der Waals surface area contributed by atoms with E-state index in [1.54, 1.807) is 0 Å². The number of carbonyl (C=O) groups is 1. The zero-order valence-corrected chi connectivity index (χ0v) is 13.6. The van der Waals surface area contributed by atoms with Crippen LogP contribution in [0.3, 0.4) is 0 Å². The second kappa shape index (κ2) is 7.53. The Labute approximate surface area is 129 Å². The van der Waals surface area contributed by atoms with E-state index in [-0.39, 0.29) is 5.69 Å². The van der Waals surface area contributed by atoms with Crippen molar-refractivity contribution in [2.24, 2.45) is 0 Å². The summed E-state index contributed by atoms with van der Waals surface area (Å²) in [5.41, 5.74) is -0.0976. The van der Waals surface area contributed by atoms with Crippen molar-refractivity contribution in [1.82, 2.24) is 5.32 Å². The van der Waals surface area contributed by atoms with Crippen LogP contribution >= 0.6 is 0 Å². The van der Waals surface area contributed by atoms with Gasteiger partial charge < -0.3 is 5.32 Å². The van der Waals surface area contributed by atoms with E-state index >= 15 is 0 Å². The van der Waals surface area contributed by atoms with E-state index in [4.69, 9.17) is 0 Å². The molecule has 0 saturated carbocycles. The number of nitrogens with one attached hydrogen (secondary N) is 1. The third kappa shape index (κ3) is 4.66. The Hall–Kier alpha value is -1.70. The number of sulfonamides is 1. The van der Waals surface area contributed by atoms with E-state index in [9.17, 15) is 22.0 Å². The van der Waals surface area contributed by atoms with Gasteiger partial charge in [0.1, 0.15) is 6.04 Å². The highest BCUT2D eigenvalue weighted by Gasteiger charge is 2.29. The highest BCUT2D eigenvalue weighted by atomic mass is 32.2. The van der Waals surface area contributed by atoms with E-state index in [1.165, 1.54) is 6.92 Å². The minimum atomic E-state index is -3.84. The number of nitrogens with zero attached hydrogens (tertiary/aromatic N) is 1. The molecular formula is C14H20F2N2O3S. The lowest BCUT2D eigenvalue weighted by Crippen LogP contribution is -2.48. The van der Waals surface area contributed by atoms with Crippen LogP contribution in [0.2, 0.25) is 0 Å². The lowest BCUT2D eigenvalue weighted by Gasteiger charge is -2.28. The Bertz CT molecular complexity index is 635. The van der Waals surface area contributed by atoms with Gasteiger partial charge in [-0.25, -0.2) is 17.2 Å². The van der Waals surface area contributed by atoms with Gasteiger partial charge in [0.2, 0.25) is 15.9 Å². The normalized spacial score (nSPS) is 12.8. The maximum Gasteiger partial charge on any atom is 0.243 e. The third-order valence-corrected chi connectivity index (χ3v) is 4.32.